The summed E-state index contributed by atoms with van der Waals surface area (Å²) in [5, 5.41) is -0.751. The van der Waals surface area contributed by atoms with Crippen LogP contribution in [0.25, 0.3) is 0 Å². The molecule has 0 spiro atoms. The predicted molar refractivity (Wildman–Crippen MR) is 63.4 cm³/mol. The van der Waals surface area contributed by atoms with Crippen LogP contribution in [0.4, 0.5) is 0 Å². The van der Waals surface area contributed by atoms with E-state index in [0.29, 0.717) is 11.8 Å². The van der Waals surface area contributed by atoms with E-state index < -0.39 is 0 Å². The van der Waals surface area contributed by atoms with Gasteiger partial charge < -0.3 is 0 Å². The van der Waals surface area contributed by atoms with Gasteiger partial charge in [0.15, 0.2) is 0 Å². The van der Waals surface area contributed by atoms with E-state index in [1.54, 1.807) is 0 Å². The van der Waals surface area contributed by atoms with E-state index in [9.17, 15) is 9.59 Å². The molecule has 0 N–H and O–H groups in total. The fourth-order valence-electron chi connectivity index (χ4n) is 3.52. The fourth-order valence-corrected chi connectivity index (χ4v) is 4.08. The molecule has 0 aromatic heterocycles. The van der Waals surface area contributed by atoms with E-state index in [-0.39, 0.29) is 22.3 Å². The number of rotatable bonds is 2. The number of hydrogen-bond acceptors (Lipinski definition) is 2. The van der Waals surface area contributed by atoms with E-state index >= 15 is 0 Å². The summed E-state index contributed by atoms with van der Waals surface area (Å²) in [5.41, 5.74) is 0. The topological polar surface area (TPSA) is 34.1 Å². The van der Waals surface area contributed by atoms with Crippen molar-refractivity contribution in [3.05, 3.63) is 0 Å². The third-order valence-electron chi connectivity index (χ3n) is 4.26. The van der Waals surface area contributed by atoms with Crippen molar-refractivity contribution in [1.82, 2.24) is 0 Å². The molecule has 16 heavy (non-hydrogen) atoms. The summed E-state index contributed by atoms with van der Waals surface area (Å²) in [6.07, 6.45) is 6.33. The second-order valence-corrected chi connectivity index (χ2v) is 5.77. The van der Waals surface area contributed by atoms with Crippen LogP contribution in [0.2, 0.25) is 0 Å². The van der Waals surface area contributed by atoms with E-state index in [1.165, 1.54) is 12.8 Å². The zero-order chi connectivity index (χ0) is 11.7. The second kappa shape index (κ2) is 5.05. The smallest absolute Gasteiger partial charge is 0.225 e. The summed E-state index contributed by atoms with van der Waals surface area (Å²) in [5.74, 6) is 0.200. The highest BCUT2D eigenvalue weighted by Gasteiger charge is 2.45. The third-order valence-corrected chi connectivity index (χ3v) is 4.80. The first-order valence-corrected chi connectivity index (χ1v) is 6.75. The van der Waals surface area contributed by atoms with Crippen LogP contribution >= 0.6 is 23.2 Å². The van der Waals surface area contributed by atoms with E-state index in [0.717, 1.165) is 25.7 Å². The highest BCUT2D eigenvalue weighted by atomic mass is 35.5. The van der Waals surface area contributed by atoms with E-state index in [1.807, 2.05) is 0 Å². The molecule has 90 valence electrons. The maximum absolute atomic E-state index is 11.5. The molecule has 2 fully saturated rings. The van der Waals surface area contributed by atoms with Gasteiger partial charge in [0.1, 0.15) is 0 Å². The first kappa shape index (κ1) is 12.4. The second-order valence-electron chi connectivity index (χ2n) is 5.03. The summed E-state index contributed by atoms with van der Waals surface area (Å²) in [7, 11) is 0. The van der Waals surface area contributed by atoms with Gasteiger partial charge >= 0.3 is 0 Å². The highest BCUT2D eigenvalue weighted by molar-refractivity contribution is 6.66. The van der Waals surface area contributed by atoms with Crippen LogP contribution < -0.4 is 0 Å². The fraction of sp³-hybridized carbons (Fsp3) is 0.833. The van der Waals surface area contributed by atoms with Crippen LogP contribution in [0.1, 0.15) is 38.5 Å². The molecule has 2 aliphatic carbocycles. The van der Waals surface area contributed by atoms with Crippen molar-refractivity contribution < 1.29 is 9.59 Å². The summed E-state index contributed by atoms with van der Waals surface area (Å²) < 4.78 is 0. The minimum Gasteiger partial charge on any atom is -0.281 e. The molecule has 2 nitrogen and oxygen atoms in total. The van der Waals surface area contributed by atoms with Gasteiger partial charge in [0.2, 0.25) is 10.5 Å². The van der Waals surface area contributed by atoms with Crippen molar-refractivity contribution in [3.8, 4) is 0 Å². The number of carbonyl (C=O) groups excluding carboxylic acids is 2. The maximum atomic E-state index is 11.5. The molecule has 2 saturated carbocycles. The summed E-state index contributed by atoms with van der Waals surface area (Å²) in [6, 6.07) is 0. The number of fused-ring (bicyclic) bond motifs is 1. The molecule has 0 heterocycles. The first-order chi connectivity index (χ1) is 7.61. The molecule has 0 aromatic rings. The van der Waals surface area contributed by atoms with Gasteiger partial charge in [-0.1, -0.05) is 19.3 Å². The van der Waals surface area contributed by atoms with Crippen molar-refractivity contribution in [2.45, 2.75) is 38.5 Å². The summed E-state index contributed by atoms with van der Waals surface area (Å²) in [4.78, 5) is 22.9. The van der Waals surface area contributed by atoms with E-state index in [4.69, 9.17) is 23.2 Å². The lowest BCUT2D eigenvalue weighted by molar-refractivity contribution is -0.130. The Hall–Kier alpha value is -0.0800. The summed E-state index contributed by atoms with van der Waals surface area (Å²) in [6.45, 7) is 0. The molecular formula is C12H16Cl2O2. The molecule has 4 atom stereocenters. The normalized spacial score (nSPS) is 38.9. The Balaban J connectivity index is 2.20. The van der Waals surface area contributed by atoms with Crippen LogP contribution in [0.5, 0.6) is 0 Å². The molecule has 0 amide bonds. The Kier molecular flexibility index (Phi) is 3.91. The third kappa shape index (κ3) is 2.28. The molecular weight excluding hydrogens is 247 g/mol. The Labute approximate surface area is 106 Å². The largest absolute Gasteiger partial charge is 0.281 e. The van der Waals surface area contributed by atoms with Gasteiger partial charge in [-0.3, -0.25) is 9.59 Å². The average Bonchev–Trinajstić information content (AvgIpc) is 2.27. The van der Waals surface area contributed by atoms with Crippen molar-refractivity contribution in [2.24, 2.45) is 23.7 Å². The van der Waals surface area contributed by atoms with Crippen molar-refractivity contribution in [2.75, 3.05) is 0 Å². The zero-order valence-corrected chi connectivity index (χ0v) is 10.6. The van der Waals surface area contributed by atoms with E-state index in [2.05, 4.69) is 0 Å². The first-order valence-electron chi connectivity index (χ1n) is 6.00. The van der Waals surface area contributed by atoms with Crippen molar-refractivity contribution in [1.29, 1.82) is 0 Å². The van der Waals surface area contributed by atoms with Crippen molar-refractivity contribution >= 4 is 33.7 Å². The number of halogens is 2. The number of hydrogen-bond donors (Lipinski definition) is 0. The quantitative estimate of drug-likeness (QED) is 0.716. The molecule has 4 heteroatoms. The lowest BCUT2D eigenvalue weighted by atomic mass is 9.62. The monoisotopic (exact) mass is 262 g/mol. The predicted octanol–water partition coefficient (Wildman–Crippen LogP) is 3.35. The molecule has 0 aromatic carbocycles. The molecule has 0 bridgehead atoms. The minimum atomic E-state index is -0.386. The van der Waals surface area contributed by atoms with Gasteiger partial charge in [-0.2, -0.15) is 0 Å². The Morgan fingerprint density at radius 3 is 2.19 bits per heavy atom. The number of carbonyl (C=O) groups is 2. The van der Waals surface area contributed by atoms with Gasteiger partial charge in [0, 0.05) is 11.8 Å². The van der Waals surface area contributed by atoms with Gasteiger partial charge in [-0.25, -0.2) is 0 Å². The van der Waals surface area contributed by atoms with Gasteiger partial charge in [0.25, 0.3) is 0 Å². The highest BCUT2D eigenvalue weighted by Crippen LogP contribution is 2.47. The van der Waals surface area contributed by atoms with Crippen LogP contribution in [-0.4, -0.2) is 10.5 Å². The molecule has 0 aliphatic heterocycles. The Morgan fingerprint density at radius 2 is 1.56 bits per heavy atom. The Bertz CT molecular complexity index is 303. The maximum Gasteiger partial charge on any atom is 0.225 e. The standard InChI is InChI=1S/C12H16Cl2O2/c13-11(15)9-6-5-7-3-1-2-4-8(7)10(9)12(14)16/h7-10H,1-6H2. The summed E-state index contributed by atoms with van der Waals surface area (Å²) >= 11 is 11.2. The lowest BCUT2D eigenvalue weighted by Gasteiger charge is -2.42. The average molecular weight is 263 g/mol. The molecule has 2 aliphatic rings. The Morgan fingerprint density at radius 1 is 0.875 bits per heavy atom. The van der Waals surface area contributed by atoms with Crippen LogP contribution in [-0.2, 0) is 9.59 Å². The van der Waals surface area contributed by atoms with Crippen LogP contribution in [0.15, 0.2) is 0 Å². The SMILES string of the molecule is O=C(Cl)C1CCC2CCCCC2C1C(=O)Cl. The van der Waals surface area contributed by atoms with Gasteiger partial charge in [-0.05, 0) is 54.3 Å². The molecule has 4 unspecified atom stereocenters. The van der Waals surface area contributed by atoms with Crippen molar-refractivity contribution in [3.63, 3.8) is 0 Å². The van der Waals surface area contributed by atoms with Crippen LogP contribution in [0, 0.1) is 23.7 Å². The molecule has 0 saturated heterocycles. The zero-order valence-electron chi connectivity index (χ0n) is 9.12. The lowest BCUT2D eigenvalue weighted by Crippen LogP contribution is -2.41. The van der Waals surface area contributed by atoms with Gasteiger partial charge in [0.05, 0.1) is 0 Å². The molecule has 2 rings (SSSR count). The molecule has 0 radical (unpaired) electrons. The van der Waals surface area contributed by atoms with Gasteiger partial charge in [-0.15, -0.1) is 0 Å². The van der Waals surface area contributed by atoms with Crippen LogP contribution in [0.3, 0.4) is 0 Å². The minimum absolute atomic E-state index is 0.292.